The van der Waals surface area contributed by atoms with E-state index in [0.717, 1.165) is 11.1 Å². The van der Waals surface area contributed by atoms with Gasteiger partial charge in [0.25, 0.3) is 0 Å². The second-order valence-corrected chi connectivity index (χ2v) is 4.61. The SMILES string of the molecule is CNC(Cc1cccc(F)c1Br)c1ccoc1. The highest BCUT2D eigenvalue weighted by atomic mass is 79.9. The van der Waals surface area contributed by atoms with Crippen molar-refractivity contribution < 1.29 is 8.81 Å². The molecule has 2 nitrogen and oxygen atoms in total. The molecule has 0 aliphatic rings. The van der Waals surface area contributed by atoms with Crippen molar-refractivity contribution in [3.05, 3.63) is 58.2 Å². The maximum Gasteiger partial charge on any atom is 0.137 e. The number of hydrogen-bond acceptors (Lipinski definition) is 2. The van der Waals surface area contributed by atoms with Gasteiger partial charge in [-0.2, -0.15) is 0 Å². The largest absolute Gasteiger partial charge is 0.472 e. The lowest BCUT2D eigenvalue weighted by Crippen LogP contribution is -2.18. The number of rotatable bonds is 4. The molecule has 1 aromatic heterocycles. The molecule has 1 atom stereocenters. The second kappa shape index (κ2) is 5.47. The van der Waals surface area contributed by atoms with Crippen LogP contribution in [0.5, 0.6) is 0 Å². The summed E-state index contributed by atoms with van der Waals surface area (Å²) in [5, 5.41) is 3.20. The summed E-state index contributed by atoms with van der Waals surface area (Å²) in [6, 6.07) is 7.11. The van der Waals surface area contributed by atoms with E-state index < -0.39 is 0 Å². The lowest BCUT2D eigenvalue weighted by molar-refractivity contribution is 0.540. The van der Waals surface area contributed by atoms with E-state index in [1.54, 1.807) is 18.6 Å². The number of likely N-dealkylation sites (N-methyl/N-ethyl adjacent to an activating group) is 1. The number of furan rings is 1. The maximum atomic E-state index is 13.4. The fourth-order valence-corrected chi connectivity index (χ4v) is 2.21. The topological polar surface area (TPSA) is 25.2 Å². The molecule has 0 fully saturated rings. The van der Waals surface area contributed by atoms with Gasteiger partial charge in [0, 0.05) is 11.6 Å². The highest BCUT2D eigenvalue weighted by Gasteiger charge is 2.14. The first kappa shape index (κ1) is 12.3. The van der Waals surface area contributed by atoms with Crippen LogP contribution in [0.1, 0.15) is 17.2 Å². The summed E-state index contributed by atoms with van der Waals surface area (Å²) in [4.78, 5) is 0. The van der Waals surface area contributed by atoms with Gasteiger partial charge in [-0.25, -0.2) is 4.39 Å². The molecule has 1 N–H and O–H groups in total. The van der Waals surface area contributed by atoms with Crippen molar-refractivity contribution in [2.45, 2.75) is 12.5 Å². The fourth-order valence-electron chi connectivity index (χ4n) is 1.79. The average molecular weight is 298 g/mol. The third kappa shape index (κ3) is 2.76. The molecule has 0 saturated carbocycles. The number of hydrogen-bond donors (Lipinski definition) is 1. The van der Waals surface area contributed by atoms with Crippen LogP contribution in [0.25, 0.3) is 0 Å². The van der Waals surface area contributed by atoms with Crippen LogP contribution in [0.3, 0.4) is 0 Å². The molecule has 2 rings (SSSR count). The van der Waals surface area contributed by atoms with E-state index in [2.05, 4.69) is 21.2 Å². The van der Waals surface area contributed by atoms with Crippen LogP contribution in [0.4, 0.5) is 4.39 Å². The molecule has 0 radical (unpaired) electrons. The van der Waals surface area contributed by atoms with Crippen LogP contribution in [0, 0.1) is 5.82 Å². The molecule has 0 aliphatic carbocycles. The number of nitrogens with one attached hydrogen (secondary N) is 1. The molecule has 2 aromatic rings. The van der Waals surface area contributed by atoms with Gasteiger partial charge in [0.1, 0.15) is 5.82 Å². The molecule has 1 unspecified atom stereocenters. The van der Waals surface area contributed by atoms with Crippen LogP contribution in [-0.4, -0.2) is 7.05 Å². The van der Waals surface area contributed by atoms with Crippen molar-refractivity contribution in [3.63, 3.8) is 0 Å². The number of halogens is 2. The predicted octanol–water partition coefficient (Wildman–Crippen LogP) is 3.68. The molecule has 0 saturated heterocycles. The Morgan fingerprint density at radius 3 is 2.88 bits per heavy atom. The van der Waals surface area contributed by atoms with E-state index >= 15 is 0 Å². The van der Waals surface area contributed by atoms with Gasteiger partial charge < -0.3 is 9.73 Å². The van der Waals surface area contributed by atoms with Crippen molar-refractivity contribution >= 4 is 15.9 Å². The Bertz CT molecular complexity index is 484. The fraction of sp³-hybridized carbons (Fsp3) is 0.231. The van der Waals surface area contributed by atoms with E-state index in [1.807, 2.05) is 19.2 Å². The van der Waals surface area contributed by atoms with E-state index in [9.17, 15) is 4.39 Å². The van der Waals surface area contributed by atoms with Crippen LogP contribution >= 0.6 is 15.9 Å². The summed E-state index contributed by atoms with van der Waals surface area (Å²) >= 11 is 3.27. The van der Waals surface area contributed by atoms with Crippen molar-refractivity contribution in [2.75, 3.05) is 7.05 Å². The second-order valence-electron chi connectivity index (χ2n) is 3.82. The summed E-state index contributed by atoms with van der Waals surface area (Å²) < 4.78 is 19.0. The summed E-state index contributed by atoms with van der Waals surface area (Å²) in [5.74, 6) is -0.232. The Hall–Kier alpha value is -1.13. The Balaban J connectivity index is 2.22. The standard InChI is InChI=1S/C13H13BrFNO/c1-16-12(10-5-6-17-8-10)7-9-3-2-4-11(15)13(9)14/h2-6,8,12,16H,7H2,1H3. The molecule has 0 aliphatic heterocycles. The maximum absolute atomic E-state index is 13.4. The zero-order valence-corrected chi connectivity index (χ0v) is 11.0. The Kier molecular flexibility index (Phi) is 3.97. The molecular formula is C13H13BrFNO. The van der Waals surface area contributed by atoms with E-state index in [4.69, 9.17) is 4.42 Å². The third-order valence-electron chi connectivity index (χ3n) is 2.75. The Morgan fingerprint density at radius 2 is 2.24 bits per heavy atom. The highest BCUT2D eigenvalue weighted by Crippen LogP contribution is 2.26. The summed E-state index contributed by atoms with van der Waals surface area (Å²) in [5.41, 5.74) is 1.99. The molecule has 0 bridgehead atoms. The van der Waals surface area contributed by atoms with Crippen LogP contribution < -0.4 is 5.32 Å². The van der Waals surface area contributed by atoms with E-state index in [0.29, 0.717) is 10.9 Å². The summed E-state index contributed by atoms with van der Waals surface area (Å²) in [6.45, 7) is 0. The molecule has 4 heteroatoms. The zero-order valence-electron chi connectivity index (χ0n) is 9.41. The third-order valence-corrected chi connectivity index (χ3v) is 3.64. The molecule has 1 heterocycles. The van der Waals surface area contributed by atoms with Crippen molar-refractivity contribution in [1.29, 1.82) is 0 Å². The van der Waals surface area contributed by atoms with E-state index in [-0.39, 0.29) is 11.9 Å². The van der Waals surface area contributed by atoms with Crippen molar-refractivity contribution in [2.24, 2.45) is 0 Å². The predicted molar refractivity (Wildman–Crippen MR) is 68.3 cm³/mol. The van der Waals surface area contributed by atoms with Gasteiger partial charge in [-0.05, 0) is 47.1 Å². The van der Waals surface area contributed by atoms with Crippen LogP contribution in [-0.2, 0) is 6.42 Å². The molecule has 0 spiro atoms. The van der Waals surface area contributed by atoms with E-state index in [1.165, 1.54) is 6.07 Å². The van der Waals surface area contributed by atoms with Crippen molar-refractivity contribution in [3.8, 4) is 0 Å². The van der Waals surface area contributed by atoms with Crippen LogP contribution in [0.15, 0.2) is 45.7 Å². The normalized spacial score (nSPS) is 12.6. The monoisotopic (exact) mass is 297 g/mol. The Labute approximate surface area is 108 Å². The van der Waals surface area contributed by atoms with Gasteiger partial charge in [0.15, 0.2) is 0 Å². The minimum atomic E-state index is -0.232. The molecule has 17 heavy (non-hydrogen) atoms. The molecule has 90 valence electrons. The van der Waals surface area contributed by atoms with Gasteiger partial charge in [-0.15, -0.1) is 0 Å². The van der Waals surface area contributed by atoms with Gasteiger partial charge in [0.2, 0.25) is 0 Å². The van der Waals surface area contributed by atoms with Gasteiger partial charge in [0.05, 0.1) is 17.0 Å². The minimum absolute atomic E-state index is 0.117. The van der Waals surface area contributed by atoms with Gasteiger partial charge in [-0.3, -0.25) is 0 Å². The van der Waals surface area contributed by atoms with Crippen molar-refractivity contribution in [1.82, 2.24) is 5.32 Å². The lowest BCUT2D eigenvalue weighted by Gasteiger charge is -2.15. The quantitative estimate of drug-likeness (QED) is 0.931. The number of benzene rings is 1. The summed E-state index contributed by atoms with van der Waals surface area (Å²) in [6.07, 6.45) is 4.04. The lowest BCUT2D eigenvalue weighted by atomic mass is 10.0. The zero-order chi connectivity index (χ0) is 12.3. The first-order valence-corrected chi connectivity index (χ1v) is 6.14. The first-order chi connectivity index (χ1) is 8.22. The Morgan fingerprint density at radius 1 is 1.41 bits per heavy atom. The smallest absolute Gasteiger partial charge is 0.137 e. The minimum Gasteiger partial charge on any atom is -0.472 e. The molecule has 0 amide bonds. The summed E-state index contributed by atoms with van der Waals surface area (Å²) in [7, 11) is 1.88. The molecular weight excluding hydrogens is 285 g/mol. The first-order valence-electron chi connectivity index (χ1n) is 5.34. The molecule has 1 aromatic carbocycles. The van der Waals surface area contributed by atoms with Crippen LogP contribution in [0.2, 0.25) is 0 Å². The average Bonchev–Trinajstić information content (AvgIpc) is 2.85. The van der Waals surface area contributed by atoms with Gasteiger partial charge in [-0.1, -0.05) is 12.1 Å². The highest BCUT2D eigenvalue weighted by molar-refractivity contribution is 9.10. The van der Waals surface area contributed by atoms with Gasteiger partial charge >= 0.3 is 0 Å².